The number of ether oxygens (including phenoxy) is 1. The molecule has 0 bridgehead atoms. The first-order valence-electron chi connectivity index (χ1n) is 9.65. The van der Waals surface area contributed by atoms with E-state index in [9.17, 15) is 22.7 Å². The van der Waals surface area contributed by atoms with Crippen molar-refractivity contribution in [2.45, 2.75) is 37.5 Å². The van der Waals surface area contributed by atoms with Crippen LogP contribution in [0.1, 0.15) is 25.8 Å². The highest BCUT2D eigenvalue weighted by molar-refractivity contribution is 5.88. The van der Waals surface area contributed by atoms with Crippen LogP contribution in [0.4, 0.5) is 23.2 Å². The van der Waals surface area contributed by atoms with E-state index in [4.69, 9.17) is 4.74 Å². The van der Waals surface area contributed by atoms with Gasteiger partial charge in [-0.3, -0.25) is 0 Å². The highest BCUT2D eigenvalue weighted by atomic mass is 19.4. The van der Waals surface area contributed by atoms with Crippen LogP contribution in [0.5, 0.6) is 5.75 Å². The molecule has 0 radical (unpaired) electrons. The number of aryl methyl sites for hydroxylation is 1. The molecule has 2 aromatic carbocycles. The van der Waals surface area contributed by atoms with Gasteiger partial charge in [0.15, 0.2) is 5.60 Å². The predicted octanol–water partition coefficient (Wildman–Crippen LogP) is 4.79. The van der Waals surface area contributed by atoms with Crippen LogP contribution in [0.15, 0.2) is 42.7 Å². The number of nitrogens with one attached hydrogen (secondary N) is 1. The average molecular weight is 439 g/mol. The number of methoxy groups -OCH3 is 1. The standard InChI is InChI=1S/C22H25F4N3O2/c1-20(2,15-10-14(23)8-9-18(15)31-4)11-21(30,22(24,25)26)12-27-16-6-5-7-17-19(16)29(3)13-28-17/h5-10,13,27,30H,11-12H2,1-4H3. The van der Waals surface area contributed by atoms with Crippen LogP contribution in [0.3, 0.4) is 0 Å². The van der Waals surface area contributed by atoms with Gasteiger partial charge in [-0.25, -0.2) is 9.37 Å². The first-order valence-corrected chi connectivity index (χ1v) is 9.65. The van der Waals surface area contributed by atoms with Gasteiger partial charge in [0.05, 0.1) is 36.7 Å². The quantitative estimate of drug-likeness (QED) is 0.520. The highest BCUT2D eigenvalue weighted by Gasteiger charge is 2.56. The molecule has 0 aliphatic carbocycles. The summed E-state index contributed by atoms with van der Waals surface area (Å²) in [4.78, 5) is 4.19. The van der Waals surface area contributed by atoms with E-state index >= 15 is 0 Å². The van der Waals surface area contributed by atoms with Crippen LogP contribution in [0, 0.1) is 5.82 Å². The van der Waals surface area contributed by atoms with Gasteiger partial charge in [-0.1, -0.05) is 19.9 Å². The lowest BCUT2D eigenvalue weighted by molar-refractivity contribution is -0.260. The Bertz CT molecular complexity index is 1080. The molecule has 2 N–H and O–H groups in total. The molecule has 1 heterocycles. The third kappa shape index (κ3) is 4.46. The molecular formula is C22H25F4N3O2. The number of rotatable bonds is 7. The van der Waals surface area contributed by atoms with E-state index in [1.54, 1.807) is 36.1 Å². The number of para-hydroxylation sites is 1. The van der Waals surface area contributed by atoms with Gasteiger partial charge in [0.25, 0.3) is 0 Å². The molecule has 0 saturated heterocycles. The van der Waals surface area contributed by atoms with Crippen LogP contribution >= 0.6 is 0 Å². The van der Waals surface area contributed by atoms with E-state index in [1.165, 1.54) is 33.1 Å². The van der Waals surface area contributed by atoms with E-state index in [-0.39, 0.29) is 11.3 Å². The fourth-order valence-electron chi connectivity index (χ4n) is 3.90. The first kappa shape index (κ1) is 22.9. The Hall–Kier alpha value is -2.81. The van der Waals surface area contributed by atoms with Gasteiger partial charge >= 0.3 is 6.18 Å². The zero-order chi connectivity index (χ0) is 23.0. The molecule has 0 spiro atoms. The molecule has 3 aromatic rings. The van der Waals surface area contributed by atoms with Crippen molar-refractivity contribution < 1.29 is 27.4 Å². The highest BCUT2D eigenvalue weighted by Crippen LogP contribution is 2.44. The number of hydrogen-bond acceptors (Lipinski definition) is 4. The van der Waals surface area contributed by atoms with Crippen LogP contribution in [0.25, 0.3) is 11.0 Å². The van der Waals surface area contributed by atoms with Gasteiger partial charge in [0, 0.05) is 12.6 Å². The molecule has 9 heteroatoms. The number of benzene rings is 2. The minimum atomic E-state index is -4.93. The fraction of sp³-hybridized carbons (Fsp3) is 0.409. The SMILES string of the molecule is COc1ccc(F)cc1C(C)(C)CC(O)(CNc1cccc2ncn(C)c12)C(F)(F)F. The van der Waals surface area contributed by atoms with Gasteiger partial charge in [0.2, 0.25) is 0 Å². The molecule has 3 rings (SSSR count). The van der Waals surface area contributed by atoms with Crippen molar-refractivity contribution >= 4 is 16.7 Å². The number of anilines is 1. The third-order valence-electron chi connectivity index (χ3n) is 5.46. The second-order valence-electron chi connectivity index (χ2n) is 8.32. The molecule has 0 saturated carbocycles. The number of halogens is 4. The lowest BCUT2D eigenvalue weighted by Gasteiger charge is -2.38. The lowest BCUT2D eigenvalue weighted by Crippen LogP contribution is -2.53. The topological polar surface area (TPSA) is 59.3 Å². The molecule has 0 aliphatic rings. The smallest absolute Gasteiger partial charge is 0.418 e. The Morgan fingerprint density at radius 2 is 1.87 bits per heavy atom. The Labute approximate surface area is 177 Å². The maximum Gasteiger partial charge on any atom is 0.418 e. The minimum Gasteiger partial charge on any atom is -0.496 e. The van der Waals surface area contributed by atoms with Crippen LogP contribution in [-0.2, 0) is 12.5 Å². The average Bonchev–Trinajstić information content (AvgIpc) is 3.07. The second kappa shape index (κ2) is 8.03. The molecule has 0 amide bonds. The molecule has 168 valence electrons. The number of hydrogen-bond donors (Lipinski definition) is 2. The minimum absolute atomic E-state index is 0.242. The van der Waals surface area contributed by atoms with Crippen molar-refractivity contribution in [2.75, 3.05) is 19.0 Å². The van der Waals surface area contributed by atoms with Crippen molar-refractivity contribution in [3.05, 3.63) is 54.1 Å². The molecule has 0 fully saturated rings. The molecule has 1 atom stereocenters. The van der Waals surface area contributed by atoms with Crippen LogP contribution < -0.4 is 10.1 Å². The summed E-state index contributed by atoms with van der Waals surface area (Å²) in [5.41, 5.74) is -2.44. The summed E-state index contributed by atoms with van der Waals surface area (Å²) >= 11 is 0. The molecule has 31 heavy (non-hydrogen) atoms. The summed E-state index contributed by atoms with van der Waals surface area (Å²) in [7, 11) is 3.09. The summed E-state index contributed by atoms with van der Waals surface area (Å²) in [6, 6.07) is 8.72. The van der Waals surface area contributed by atoms with Gasteiger partial charge in [-0.2, -0.15) is 13.2 Å². The number of alkyl halides is 3. The van der Waals surface area contributed by atoms with Gasteiger partial charge in [0.1, 0.15) is 11.6 Å². The molecular weight excluding hydrogens is 414 g/mol. The van der Waals surface area contributed by atoms with Crippen molar-refractivity contribution in [1.29, 1.82) is 0 Å². The van der Waals surface area contributed by atoms with E-state index in [2.05, 4.69) is 10.3 Å². The van der Waals surface area contributed by atoms with Crippen LogP contribution in [0.2, 0.25) is 0 Å². The maximum absolute atomic E-state index is 14.0. The molecule has 0 aliphatic heterocycles. The number of nitrogens with zero attached hydrogens (tertiary/aromatic N) is 2. The van der Waals surface area contributed by atoms with Gasteiger partial charge in [-0.05, 0) is 42.2 Å². The van der Waals surface area contributed by atoms with E-state index < -0.39 is 36.0 Å². The largest absolute Gasteiger partial charge is 0.496 e. The number of aromatic nitrogens is 2. The van der Waals surface area contributed by atoms with E-state index in [0.29, 0.717) is 16.7 Å². The normalized spacial score (nSPS) is 14.5. The number of imidazole rings is 1. The molecule has 5 nitrogen and oxygen atoms in total. The second-order valence-corrected chi connectivity index (χ2v) is 8.32. The van der Waals surface area contributed by atoms with Crippen molar-refractivity contribution in [1.82, 2.24) is 9.55 Å². The zero-order valence-corrected chi connectivity index (χ0v) is 17.7. The molecule has 1 unspecified atom stereocenters. The van der Waals surface area contributed by atoms with E-state index in [1.807, 2.05) is 0 Å². The summed E-state index contributed by atoms with van der Waals surface area (Å²) in [5, 5.41) is 13.5. The lowest BCUT2D eigenvalue weighted by atomic mass is 9.74. The summed E-state index contributed by atoms with van der Waals surface area (Å²) < 4.78 is 62.9. The monoisotopic (exact) mass is 439 g/mol. The number of fused-ring (bicyclic) bond motifs is 1. The van der Waals surface area contributed by atoms with Crippen molar-refractivity contribution in [3.63, 3.8) is 0 Å². The van der Waals surface area contributed by atoms with Crippen molar-refractivity contribution in [3.8, 4) is 5.75 Å². The first-order chi connectivity index (χ1) is 14.4. The summed E-state index contributed by atoms with van der Waals surface area (Å²) in [5.74, 6) is -0.344. The van der Waals surface area contributed by atoms with Crippen molar-refractivity contribution in [2.24, 2.45) is 7.05 Å². The maximum atomic E-state index is 14.0. The zero-order valence-electron chi connectivity index (χ0n) is 17.7. The number of aliphatic hydroxyl groups is 1. The van der Waals surface area contributed by atoms with E-state index in [0.717, 1.165) is 6.07 Å². The van der Waals surface area contributed by atoms with Gasteiger partial charge < -0.3 is 19.7 Å². The molecule has 1 aromatic heterocycles. The van der Waals surface area contributed by atoms with Crippen LogP contribution in [-0.4, -0.2) is 40.1 Å². The Morgan fingerprint density at radius 1 is 1.16 bits per heavy atom. The predicted molar refractivity (Wildman–Crippen MR) is 111 cm³/mol. The Balaban J connectivity index is 1.94. The summed E-state index contributed by atoms with van der Waals surface area (Å²) in [6.07, 6.45) is -4.08. The van der Waals surface area contributed by atoms with Gasteiger partial charge in [-0.15, -0.1) is 0 Å². The third-order valence-corrected chi connectivity index (χ3v) is 5.46. The summed E-state index contributed by atoms with van der Waals surface area (Å²) in [6.45, 7) is 2.24. The Kier molecular flexibility index (Phi) is 5.92. The fourth-order valence-corrected chi connectivity index (χ4v) is 3.90. The Morgan fingerprint density at radius 3 is 2.52 bits per heavy atom.